The van der Waals surface area contributed by atoms with Crippen molar-refractivity contribution >= 4 is 0 Å². The lowest BCUT2D eigenvalue weighted by atomic mass is 9.82. The molecule has 2 aliphatic heterocycles. The highest BCUT2D eigenvalue weighted by atomic mass is 16.3. The van der Waals surface area contributed by atoms with Crippen LogP contribution in [0.15, 0.2) is 0 Å². The quantitative estimate of drug-likeness (QED) is 0.632. The van der Waals surface area contributed by atoms with Gasteiger partial charge < -0.3 is 15.7 Å². The average molecular weight is 212 g/mol. The zero-order valence-corrected chi connectivity index (χ0v) is 9.71. The predicted octanol–water partition coefficient (Wildman–Crippen LogP) is 0.735. The van der Waals surface area contributed by atoms with Crippen LogP contribution in [0.2, 0.25) is 0 Å². The molecule has 0 aliphatic carbocycles. The van der Waals surface area contributed by atoms with Crippen LogP contribution in [0.4, 0.5) is 0 Å². The number of hydrogen-bond acceptors (Lipinski definition) is 3. The normalized spacial score (nSPS) is 36.4. The van der Waals surface area contributed by atoms with Gasteiger partial charge in [-0.2, -0.15) is 0 Å². The van der Waals surface area contributed by atoms with Crippen molar-refractivity contribution in [3.63, 3.8) is 0 Å². The summed E-state index contributed by atoms with van der Waals surface area (Å²) in [7, 11) is 0. The van der Waals surface area contributed by atoms with E-state index in [2.05, 4.69) is 17.6 Å². The zero-order chi connectivity index (χ0) is 10.7. The number of nitrogens with one attached hydrogen (secondary N) is 2. The third-order valence-electron chi connectivity index (χ3n) is 3.98. The first-order chi connectivity index (χ1) is 7.27. The summed E-state index contributed by atoms with van der Waals surface area (Å²) in [5.41, 5.74) is 0. The Kier molecular flexibility index (Phi) is 4.00. The van der Waals surface area contributed by atoms with Crippen molar-refractivity contribution in [2.24, 2.45) is 11.8 Å². The molecule has 0 spiro atoms. The van der Waals surface area contributed by atoms with Gasteiger partial charge in [-0.15, -0.1) is 0 Å². The third kappa shape index (κ3) is 2.92. The summed E-state index contributed by atoms with van der Waals surface area (Å²) < 4.78 is 0. The average Bonchev–Trinajstić information content (AvgIpc) is 2.29. The smallest absolute Gasteiger partial charge is 0.0722 e. The van der Waals surface area contributed by atoms with E-state index in [0.717, 1.165) is 44.8 Å². The lowest BCUT2D eigenvalue weighted by molar-refractivity contribution is 0.0373. The van der Waals surface area contributed by atoms with Crippen molar-refractivity contribution in [2.75, 3.05) is 19.6 Å². The Morgan fingerprint density at radius 3 is 2.53 bits per heavy atom. The Balaban J connectivity index is 1.85. The van der Waals surface area contributed by atoms with E-state index in [0.29, 0.717) is 12.0 Å². The first-order valence-corrected chi connectivity index (χ1v) is 6.39. The molecule has 2 heterocycles. The summed E-state index contributed by atoms with van der Waals surface area (Å²) in [6.07, 6.45) is 4.54. The highest BCUT2D eigenvalue weighted by Gasteiger charge is 2.31. The number of aliphatic hydroxyl groups is 1. The first-order valence-electron chi connectivity index (χ1n) is 6.39. The van der Waals surface area contributed by atoms with E-state index >= 15 is 0 Å². The molecule has 2 rings (SSSR count). The van der Waals surface area contributed by atoms with Gasteiger partial charge in [0.25, 0.3) is 0 Å². The summed E-state index contributed by atoms with van der Waals surface area (Å²) in [5.74, 6) is 1.28. The summed E-state index contributed by atoms with van der Waals surface area (Å²) in [4.78, 5) is 0. The second kappa shape index (κ2) is 5.28. The van der Waals surface area contributed by atoms with Gasteiger partial charge in [-0.3, -0.25) is 0 Å². The van der Waals surface area contributed by atoms with Crippen molar-refractivity contribution < 1.29 is 5.11 Å². The Bertz CT molecular complexity index is 192. The number of hydrogen-bond donors (Lipinski definition) is 3. The Hall–Kier alpha value is -0.120. The Morgan fingerprint density at radius 2 is 1.87 bits per heavy atom. The SMILES string of the molecule is CC1CCNC(C(O)C2CCNCC2)C1. The van der Waals surface area contributed by atoms with Crippen LogP contribution in [0.1, 0.15) is 32.6 Å². The van der Waals surface area contributed by atoms with Crippen molar-refractivity contribution in [1.82, 2.24) is 10.6 Å². The van der Waals surface area contributed by atoms with E-state index < -0.39 is 0 Å². The fourth-order valence-electron chi connectivity index (χ4n) is 2.92. The minimum absolute atomic E-state index is 0.130. The maximum atomic E-state index is 10.3. The van der Waals surface area contributed by atoms with E-state index in [1.165, 1.54) is 6.42 Å². The van der Waals surface area contributed by atoms with Crippen LogP contribution in [0.25, 0.3) is 0 Å². The molecule has 2 fully saturated rings. The Labute approximate surface area is 92.6 Å². The minimum atomic E-state index is -0.130. The van der Waals surface area contributed by atoms with Crippen LogP contribution in [0.3, 0.4) is 0 Å². The minimum Gasteiger partial charge on any atom is -0.391 e. The predicted molar refractivity (Wildman–Crippen MR) is 61.8 cm³/mol. The van der Waals surface area contributed by atoms with Crippen LogP contribution < -0.4 is 10.6 Å². The van der Waals surface area contributed by atoms with Gasteiger partial charge in [-0.25, -0.2) is 0 Å². The molecular weight excluding hydrogens is 188 g/mol. The lowest BCUT2D eigenvalue weighted by Gasteiger charge is -2.37. The number of piperidine rings is 2. The van der Waals surface area contributed by atoms with Crippen LogP contribution in [-0.4, -0.2) is 36.9 Å². The van der Waals surface area contributed by atoms with Crippen LogP contribution in [-0.2, 0) is 0 Å². The molecule has 88 valence electrons. The maximum absolute atomic E-state index is 10.3. The van der Waals surface area contributed by atoms with E-state index in [4.69, 9.17) is 0 Å². The molecule has 3 atom stereocenters. The molecule has 0 saturated carbocycles. The molecule has 0 aromatic rings. The fraction of sp³-hybridized carbons (Fsp3) is 1.00. The summed E-state index contributed by atoms with van der Waals surface area (Å²) in [6.45, 7) is 5.52. The molecule has 0 aromatic heterocycles. The van der Waals surface area contributed by atoms with Crippen molar-refractivity contribution in [3.05, 3.63) is 0 Å². The lowest BCUT2D eigenvalue weighted by Crippen LogP contribution is -2.50. The molecule has 3 N–H and O–H groups in total. The summed E-state index contributed by atoms with van der Waals surface area (Å²) >= 11 is 0. The summed E-state index contributed by atoms with van der Waals surface area (Å²) in [5, 5.41) is 17.2. The van der Waals surface area contributed by atoms with Crippen molar-refractivity contribution in [1.29, 1.82) is 0 Å². The molecule has 3 nitrogen and oxygen atoms in total. The monoisotopic (exact) mass is 212 g/mol. The molecule has 3 unspecified atom stereocenters. The molecule has 15 heavy (non-hydrogen) atoms. The largest absolute Gasteiger partial charge is 0.391 e. The van der Waals surface area contributed by atoms with Gasteiger partial charge >= 0.3 is 0 Å². The van der Waals surface area contributed by atoms with E-state index in [9.17, 15) is 5.11 Å². The van der Waals surface area contributed by atoms with Gasteiger partial charge in [0.05, 0.1) is 6.10 Å². The van der Waals surface area contributed by atoms with Crippen LogP contribution in [0.5, 0.6) is 0 Å². The van der Waals surface area contributed by atoms with Gasteiger partial charge in [0.1, 0.15) is 0 Å². The molecule has 2 aliphatic rings. The number of aliphatic hydroxyl groups excluding tert-OH is 1. The van der Waals surface area contributed by atoms with E-state index in [1.807, 2.05) is 0 Å². The third-order valence-corrected chi connectivity index (χ3v) is 3.98. The molecule has 0 amide bonds. The van der Waals surface area contributed by atoms with Gasteiger partial charge in [-0.05, 0) is 57.2 Å². The van der Waals surface area contributed by atoms with Crippen LogP contribution in [0, 0.1) is 11.8 Å². The highest BCUT2D eigenvalue weighted by Crippen LogP contribution is 2.24. The van der Waals surface area contributed by atoms with E-state index in [1.54, 1.807) is 0 Å². The van der Waals surface area contributed by atoms with Crippen molar-refractivity contribution in [3.8, 4) is 0 Å². The highest BCUT2D eigenvalue weighted by molar-refractivity contribution is 4.87. The zero-order valence-electron chi connectivity index (χ0n) is 9.71. The van der Waals surface area contributed by atoms with Gasteiger partial charge in [0, 0.05) is 6.04 Å². The molecule has 0 bridgehead atoms. The van der Waals surface area contributed by atoms with E-state index in [-0.39, 0.29) is 6.10 Å². The molecule has 3 heteroatoms. The van der Waals surface area contributed by atoms with Gasteiger partial charge in [0.15, 0.2) is 0 Å². The standard InChI is InChI=1S/C12H24N2O/c1-9-2-7-14-11(8-9)12(15)10-3-5-13-6-4-10/h9-15H,2-8H2,1H3. The second-order valence-electron chi connectivity index (χ2n) is 5.27. The molecule has 0 aromatic carbocycles. The molecule has 0 radical (unpaired) electrons. The first kappa shape index (κ1) is 11.4. The molecule has 2 saturated heterocycles. The molecular formula is C12H24N2O. The second-order valence-corrected chi connectivity index (χ2v) is 5.27. The van der Waals surface area contributed by atoms with Crippen LogP contribution >= 0.6 is 0 Å². The maximum Gasteiger partial charge on any atom is 0.0722 e. The Morgan fingerprint density at radius 1 is 1.13 bits per heavy atom. The fourth-order valence-corrected chi connectivity index (χ4v) is 2.92. The van der Waals surface area contributed by atoms with Gasteiger partial charge in [-0.1, -0.05) is 6.92 Å². The van der Waals surface area contributed by atoms with Crippen molar-refractivity contribution in [2.45, 2.75) is 44.8 Å². The topological polar surface area (TPSA) is 44.3 Å². The summed E-state index contributed by atoms with van der Waals surface area (Å²) in [6, 6.07) is 0.344. The van der Waals surface area contributed by atoms with Gasteiger partial charge in [0.2, 0.25) is 0 Å². The number of rotatable bonds is 2.